The van der Waals surface area contributed by atoms with Crippen molar-refractivity contribution in [2.75, 3.05) is 13.2 Å². The van der Waals surface area contributed by atoms with Crippen molar-refractivity contribution in [1.82, 2.24) is 9.97 Å². The summed E-state index contributed by atoms with van der Waals surface area (Å²) in [7, 11) is 0. The van der Waals surface area contributed by atoms with Crippen LogP contribution >= 0.6 is 0 Å². The van der Waals surface area contributed by atoms with Gasteiger partial charge in [0.25, 0.3) is 0 Å². The van der Waals surface area contributed by atoms with Crippen molar-refractivity contribution < 1.29 is 14.3 Å². The summed E-state index contributed by atoms with van der Waals surface area (Å²) in [6, 6.07) is -0.655. The van der Waals surface area contributed by atoms with Gasteiger partial charge in [-0.25, -0.2) is 4.98 Å². The summed E-state index contributed by atoms with van der Waals surface area (Å²) in [5, 5.41) is 0. The number of nitrogens with two attached hydrogens (primary N) is 1. The number of H-pyrrole nitrogens is 1. The first-order valence-electron chi connectivity index (χ1n) is 4.93. The van der Waals surface area contributed by atoms with Gasteiger partial charge in [-0.3, -0.25) is 9.59 Å². The van der Waals surface area contributed by atoms with Gasteiger partial charge in [0.05, 0.1) is 6.04 Å². The zero-order valence-corrected chi connectivity index (χ0v) is 9.10. The van der Waals surface area contributed by atoms with E-state index in [4.69, 9.17) is 10.5 Å². The molecule has 1 rings (SSSR count). The van der Waals surface area contributed by atoms with Crippen LogP contribution in [0.25, 0.3) is 0 Å². The van der Waals surface area contributed by atoms with Gasteiger partial charge in [-0.05, 0) is 6.92 Å². The second kappa shape index (κ2) is 6.14. The molecule has 0 aliphatic rings. The van der Waals surface area contributed by atoms with Crippen molar-refractivity contribution in [2.45, 2.75) is 19.4 Å². The molecule has 1 aromatic heterocycles. The maximum absolute atomic E-state index is 11.4. The van der Waals surface area contributed by atoms with Crippen LogP contribution in [0.3, 0.4) is 0 Å². The third-order valence-electron chi connectivity index (χ3n) is 1.93. The monoisotopic (exact) mass is 225 g/mol. The van der Waals surface area contributed by atoms with E-state index in [-0.39, 0.29) is 24.8 Å². The Morgan fingerprint density at radius 1 is 1.56 bits per heavy atom. The molecule has 6 heteroatoms. The van der Waals surface area contributed by atoms with Gasteiger partial charge in [0.1, 0.15) is 19.0 Å². The number of hydrogen-bond acceptors (Lipinski definition) is 5. The molecule has 1 aromatic rings. The summed E-state index contributed by atoms with van der Waals surface area (Å²) >= 11 is 0. The largest absolute Gasteiger partial charge is 0.366 e. The lowest BCUT2D eigenvalue weighted by molar-refractivity contribution is -0.128. The van der Waals surface area contributed by atoms with E-state index in [9.17, 15) is 9.59 Å². The maximum Gasteiger partial charge on any atom is 0.175 e. The number of hydrogen-bond donors (Lipinski definition) is 2. The summed E-state index contributed by atoms with van der Waals surface area (Å²) in [4.78, 5) is 28.8. The van der Waals surface area contributed by atoms with Crippen LogP contribution in [0.4, 0.5) is 0 Å². The number of rotatable bonds is 7. The molecule has 0 spiro atoms. The fourth-order valence-corrected chi connectivity index (χ4v) is 1.13. The smallest absolute Gasteiger partial charge is 0.175 e. The highest BCUT2D eigenvalue weighted by Crippen LogP contribution is 1.96. The lowest BCUT2D eigenvalue weighted by Crippen LogP contribution is -2.36. The standard InChI is InChI=1S/C10H15N3O3/c1-7(14)5-16-6-9(15)8(11)4-10-12-2-3-13-10/h2-3,8H,4-6,11H2,1H3,(H,12,13)/t8-/m0/s1. The zero-order valence-electron chi connectivity index (χ0n) is 9.10. The van der Waals surface area contributed by atoms with Crippen molar-refractivity contribution >= 4 is 11.6 Å². The predicted molar refractivity (Wildman–Crippen MR) is 56.8 cm³/mol. The summed E-state index contributed by atoms with van der Waals surface area (Å²) in [5.74, 6) is 0.303. The SMILES string of the molecule is CC(=O)COCC(=O)[C@@H](N)Cc1ncc[nH]1. The molecule has 0 aliphatic carbocycles. The van der Waals surface area contributed by atoms with Crippen molar-refractivity contribution in [2.24, 2.45) is 5.73 Å². The Labute approximate surface area is 93.2 Å². The Hall–Kier alpha value is -1.53. The van der Waals surface area contributed by atoms with E-state index in [1.54, 1.807) is 12.4 Å². The minimum atomic E-state index is -0.655. The number of aromatic nitrogens is 2. The van der Waals surface area contributed by atoms with Gasteiger partial charge in [-0.2, -0.15) is 0 Å². The number of carbonyl (C=O) groups is 2. The molecule has 0 amide bonds. The van der Waals surface area contributed by atoms with Crippen LogP contribution in [0.2, 0.25) is 0 Å². The second-order valence-corrected chi connectivity index (χ2v) is 3.51. The average Bonchev–Trinajstić information content (AvgIpc) is 2.69. The molecule has 0 aliphatic heterocycles. The number of nitrogens with zero attached hydrogens (tertiary/aromatic N) is 1. The van der Waals surface area contributed by atoms with Crippen LogP contribution in [0.15, 0.2) is 12.4 Å². The molecule has 0 fully saturated rings. The van der Waals surface area contributed by atoms with E-state index in [1.165, 1.54) is 6.92 Å². The van der Waals surface area contributed by atoms with Crippen LogP contribution < -0.4 is 5.73 Å². The summed E-state index contributed by atoms with van der Waals surface area (Å²) in [5.41, 5.74) is 5.65. The predicted octanol–water partition coefficient (Wildman–Crippen LogP) is -0.546. The number of imidazole rings is 1. The Bertz CT molecular complexity index is 348. The van der Waals surface area contributed by atoms with E-state index < -0.39 is 6.04 Å². The molecular weight excluding hydrogens is 210 g/mol. The normalized spacial score (nSPS) is 12.4. The highest BCUT2D eigenvalue weighted by Gasteiger charge is 2.15. The van der Waals surface area contributed by atoms with Gasteiger partial charge in [0, 0.05) is 18.8 Å². The number of carbonyl (C=O) groups excluding carboxylic acids is 2. The quantitative estimate of drug-likeness (QED) is 0.649. The van der Waals surface area contributed by atoms with Crippen LogP contribution in [0.1, 0.15) is 12.7 Å². The van der Waals surface area contributed by atoms with E-state index >= 15 is 0 Å². The fraction of sp³-hybridized carbons (Fsp3) is 0.500. The van der Waals surface area contributed by atoms with Gasteiger partial charge in [0.15, 0.2) is 11.6 Å². The average molecular weight is 225 g/mol. The number of ketones is 2. The lowest BCUT2D eigenvalue weighted by Gasteiger charge is -2.08. The molecule has 6 nitrogen and oxygen atoms in total. The van der Waals surface area contributed by atoms with Crippen LogP contribution in [0, 0.1) is 0 Å². The van der Waals surface area contributed by atoms with Crippen molar-refractivity contribution in [1.29, 1.82) is 0 Å². The Morgan fingerprint density at radius 2 is 2.31 bits per heavy atom. The van der Waals surface area contributed by atoms with Gasteiger partial charge < -0.3 is 15.5 Å². The summed E-state index contributed by atoms with van der Waals surface area (Å²) in [6.45, 7) is 1.20. The first kappa shape index (κ1) is 12.5. The zero-order chi connectivity index (χ0) is 12.0. The molecule has 0 saturated heterocycles. The third-order valence-corrected chi connectivity index (χ3v) is 1.93. The number of Topliss-reactive ketones (excluding diaryl/α,β-unsaturated/α-hetero) is 2. The molecule has 1 atom stereocenters. The van der Waals surface area contributed by atoms with E-state index in [0.29, 0.717) is 12.2 Å². The summed E-state index contributed by atoms with van der Waals surface area (Å²) < 4.78 is 4.89. The minimum Gasteiger partial charge on any atom is -0.366 e. The topological polar surface area (TPSA) is 98.1 Å². The minimum absolute atomic E-state index is 0.0563. The molecule has 0 bridgehead atoms. The van der Waals surface area contributed by atoms with Crippen molar-refractivity contribution in [3.05, 3.63) is 18.2 Å². The summed E-state index contributed by atoms with van der Waals surface area (Å²) in [6.07, 6.45) is 3.60. The molecule has 88 valence electrons. The Morgan fingerprint density at radius 3 is 2.88 bits per heavy atom. The maximum atomic E-state index is 11.4. The van der Waals surface area contributed by atoms with Crippen molar-refractivity contribution in [3.63, 3.8) is 0 Å². The first-order chi connectivity index (χ1) is 7.59. The molecule has 0 radical (unpaired) electrons. The molecule has 0 saturated carbocycles. The third kappa shape index (κ3) is 4.33. The molecular formula is C10H15N3O3. The molecule has 3 N–H and O–H groups in total. The first-order valence-corrected chi connectivity index (χ1v) is 4.93. The van der Waals surface area contributed by atoms with Crippen molar-refractivity contribution in [3.8, 4) is 0 Å². The highest BCUT2D eigenvalue weighted by atomic mass is 16.5. The number of aromatic amines is 1. The van der Waals surface area contributed by atoms with Crippen LogP contribution in [-0.2, 0) is 20.7 Å². The molecule has 0 aromatic carbocycles. The van der Waals surface area contributed by atoms with Crippen LogP contribution in [0.5, 0.6) is 0 Å². The van der Waals surface area contributed by atoms with Gasteiger partial charge >= 0.3 is 0 Å². The number of nitrogens with one attached hydrogen (secondary N) is 1. The molecule has 16 heavy (non-hydrogen) atoms. The second-order valence-electron chi connectivity index (χ2n) is 3.51. The fourth-order valence-electron chi connectivity index (χ4n) is 1.13. The van der Waals surface area contributed by atoms with Gasteiger partial charge in [-0.15, -0.1) is 0 Å². The van der Waals surface area contributed by atoms with E-state index in [0.717, 1.165) is 0 Å². The van der Waals surface area contributed by atoms with E-state index in [2.05, 4.69) is 9.97 Å². The Kier molecular flexibility index (Phi) is 4.81. The Balaban J connectivity index is 2.28. The van der Waals surface area contributed by atoms with Gasteiger partial charge in [-0.1, -0.05) is 0 Å². The number of ether oxygens (including phenoxy) is 1. The molecule has 0 unspecified atom stereocenters. The molecule has 1 heterocycles. The van der Waals surface area contributed by atoms with Gasteiger partial charge in [0.2, 0.25) is 0 Å². The van der Waals surface area contributed by atoms with E-state index in [1.807, 2.05) is 0 Å². The lowest BCUT2D eigenvalue weighted by atomic mass is 10.1. The highest BCUT2D eigenvalue weighted by molar-refractivity contribution is 5.85. The van der Waals surface area contributed by atoms with Crippen LogP contribution in [-0.4, -0.2) is 40.8 Å².